The fourth-order valence-corrected chi connectivity index (χ4v) is 2.06. The van der Waals surface area contributed by atoms with Gasteiger partial charge in [0.25, 0.3) is 11.8 Å². The second kappa shape index (κ2) is 5.22. The van der Waals surface area contributed by atoms with Gasteiger partial charge in [-0.3, -0.25) is 19.3 Å². The zero-order chi connectivity index (χ0) is 14.0. The predicted molar refractivity (Wildman–Crippen MR) is 69.5 cm³/mol. The normalized spacial score (nSPS) is 13.7. The standard InChI is InChI=1S/C14H16N2O3/c1-3-6-12(17)15(2)9-16-13(18)10-7-4-5-8-11(10)14(16)19/h4-5,7-8H,3,6,9H2,1-2H3. The fourth-order valence-electron chi connectivity index (χ4n) is 2.06. The number of fused-ring (bicyclic) bond motifs is 1. The lowest BCUT2D eigenvalue weighted by Gasteiger charge is -2.22. The number of carbonyl (C=O) groups is 3. The first-order chi connectivity index (χ1) is 9.06. The largest absolute Gasteiger partial charge is 0.327 e. The lowest BCUT2D eigenvalue weighted by atomic mass is 10.1. The van der Waals surface area contributed by atoms with Crippen molar-refractivity contribution in [2.24, 2.45) is 0 Å². The molecule has 0 bridgehead atoms. The maximum absolute atomic E-state index is 12.1. The Bertz CT molecular complexity index is 504. The van der Waals surface area contributed by atoms with Gasteiger partial charge in [-0.05, 0) is 18.6 Å². The predicted octanol–water partition coefficient (Wildman–Crippen LogP) is 1.50. The lowest BCUT2D eigenvalue weighted by Crippen LogP contribution is -2.42. The molecule has 0 spiro atoms. The molecule has 1 aliphatic rings. The molecule has 0 radical (unpaired) electrons. The molecule has 0 saturated carbocycles. The van der Waals surface area contributed by atoms with Crippen LogP contribution in [0.3, 0.4) is 0 Å². The van der Waals surface area contributed by atoms with Crippen molar-refractivity contribution in [3.63, 3.8) is 0 Å². The highest BCUT2D eigenvalue weighted by Gasteiger charge is 2.35. The van der Waals surface area contributed by atoms with E-state index in [1.807, 2.05) is 6.92 Å². The second-order valence-corrected chi connectivity index (χ2v) is 4.57. The molecule has 0 saturated heterocycles. The summed E-state index contributed by atoms with van der Waals surface area (Å²) in [6.45, 7) is 1.92. The molecular weight excluding hydrogens is 244 g/mol. The van der Waals surface area contributed by atoms with Gasteiger partial charge < -0.3 is 4.90 Å². The Balaban J connectivity index is 2.14. The summed E-state index contributed by atoms with van der Waals surface area (Å²) in [4.78, 5) is 38.4. The van der Waals surface area contributed by atoms with Crippen LogP contribution in [0.5, 0.6) is 0 Å². The van der Waals surface area contributed by atoms with Gasteiger partial charge in [0.05, 0.1) is 11.1 Å². The minimum Gasteiger partial charge on any atom is -0.327 e. The van der Waals surface area contributed by atoms with Crippen LogP contribution in [0.4, 0.5) is 0 Å². The number of nitrogens with zero attached hydrogens (tertiary/aromatic N) is 2. The van der Waals surface area contributed by atoms with E-state index in [-0.39, 0.29) is 24.4 Å². The molecule has 0 aromatic heterocycles. The van der Waals surface area contributed by atoms with Crippen molar-refractivity contribution in [2.45, 2.75) is 19.8 Å². The highest BCUT2D eigenvalue weighted by molar-refractivity contribution is 6.21. The highest BCUT2D eigenvalue weighted by Crippen LogP contribution is 2.22. The van der Waals surface area contributed by atoms with Crippen LogP contribution in [0, 0.1) is 0 Å². The van der Waals surface area contributed by atoms with Crippen molar-refractivity contribution in [3.05, 3.63) is 35.4 Å². The van der Waals surface area contributed by atoms with Gasteiger partial charge in [-0.1, -0.05) is 19.1 Å². The van der Waals surface area contributed by atoms with Crippen molar-refractivity contribution in [1.29, 1.82) is 0 Å². The van der Waals surface area contributed by atoms with Gasteiger partial charge in [0, 0.05) is 13.5 Å². The summed E-state index contributed by atoms with van der Waals surface area (Å²) in [7, 11) is 1.60. The quantitative estimate of drug-likeness (QED) is 0.771. The van der Waals surface area contributed by atoms with Crippen molar-refractivity contribution in [1.82, 2.24) is 9.80 Å². The average Bonchev–Trinajstić information content (AvgIpc) is 2.65. The zero-order valence-corrected chi connectivity index (χ0v) is 11.0. The Morgan fingerprint density at radius 1 is 1.16 bits per heavy atom. The van der Waals surface area contributed by atoms with E-state index >= 15 is 0 Å². The fraction of sp³-hybridized carbons (Fsp3) is 0.357. The van der Waals surface area contributed by atoms with Crippen molar-refractivity contribution >= 4 is 17.7 Å². The van der Waals surface area contributed by atoms with Gasteiger partial charge in [-0.15, -0.1) is 0 Å². The minimum atomic E-state index is -0.336. The van der Waals surface area contributed by atoms with E-state index in [1.165, 1.54) is 4.90 Å². The summed E-state index contributed by atoms with van der Waals surface area (Å²) in [6, 6.07) is 6.70. The van der Waals surface area contributed by atoms with E-state index in [4.69, 9.17) is 0 Å². The van der Waals surface area contributed by atoms with Crippen molar-refractivity contribution in [2.75, 3.05) is 13.7 Å². The first kappa shape index (κ1) is 13.3. The number of carbonyl (C=O) groups excluding carboxylic acids is 3. The molecule has 3 amide bonds. The van der Waals surface area contributed by atoms with Gasteiger partial charge in [0.2, 0.25) is 5.91 Å². The van der Waals surface area contributed by atoms with E-state index in [9.17, 15) is 14.4 Å². The van der Waals surface area contributed by atoms with E-state index in [0.717, 1.165) is 11.3 Å². The molecule has 0 unspecified atom stereocenters. The minimum absolute atomic E-state index is 0.00514. The number of benzene rings is 1. The van der Waals surface area contributed by atoms with Gasteiger partial charge in [-0.2, -0.15) is 0 Å². The Morgan fingerprint density at radius 2 is 1.68 bits per heavy atom. The number of amides is 3. The average molecular weight is 260 g/mol. The third-order valence-corrected chi connectivity index (χ3v) is 3.12. The van der Waals surface area contributed by atoms with E-state index < -0.39 is 0 Å². The summed E-state index contributed by atoms with van der Waals surface area (Å²) in [6.07, 6.45) is 1.16. The molecule has 1 aromatic carbocycles. The van der Waals surface area contributed by atoms with Gasteiger partial charge >= 0.3 is 0 Å². The Kier molecular flexibility index (Phi) is 3.64. The molecule has 5 nitrogen and oxygen atoms in total. The van der Waals surface area contributed by atoms with Crippen LogP contribution < -0.4 is 0 Å². The molecule has 1 heterocycles. The topological polar surface area (TPSA) is 57.7 Å². The molecule has 100 valence electrons. The Hall–Kier alpha value is -2.17. The number of hydrogen-bond donors (Lipinski definition) is 0. The molecule has 0 N–H and O–H groups in total. The second-order valence-electron chi connectivity index (χ2n) is 4.57. The van der Waals surface area contributed by atoms with Gasteiger partial charge in [0.15, 0.2) is 0 Å². The zero-order valence-electron chi connectivity index (χ0n) is 11.0. The monoisotopic (exact) mass is 260 g/mol. The van der Waals surface area contributed by atoms with Crippen LogP contribution in [-0.4, -0.2) is 41.2 Å². The SMILES string of the molecule is CCCC(=O)N(C)CN1C(=O)c2ccccc2C1=O. The molecular formula is C14H16N2O3. The molecule has 19 heavy (non-hydrogen) atoms. The maximum atomic E-state index is 12.1. The molecule has 0 fully saturated rings. The van der Waals surface area contributed by atoms with E-state index in [2.05, 4.69) is 0 Å². The molecule has 1 aliphatic heterocycles. The van der Waals surface area contributed by atoms with Gasteiger partial charge in [-0.25, -0.2) is 0 Å². The third-order valence-electron chi connectivity index (χ3n) is 3.12. The molecule has 0 aliphatic carbocycles. The smallest absolute Gasteiger partial charge is 0.263 e. The van der Waals surface area contributed by atoms with E-state index in [1.54, 1.807) is 31.3 Å². The lowest BCUT2D eigenvalue weighted by molar-refractivity contribution is -0.130. The summed E-state index contributed by atoms with van der Waals surface area (Å²) in [5.74, 6) is -0.743. The number of rotatable bonds is 4. The molecule has 2 rings (SSSR count). The van der Waals surface area contributed by atoms with E-state index in [0.29, 0.717) is 17.5 Å². The first-order valence-corrected chi connectivity index (χ1v) is 6.25. The molecule has 5 heteroatoms. The summed E-state index contributed by atoms with van der Waals surface area (Å²) in [5, 5.41) is 0. The van der Waals surface area contributed by atoms with Crippen LogP contribution in [0.15, 0.2) is 24.3 Å². The highest BCUT2D eigenvalue weighted by atomic mass is 16.2. The Morgan fingerprint density at radius 3 is 2.16 bits per heavy atom. The first-order valence-electron chi connectivity index (χ1n) is 6.25. The Labute approximate surface area is 111 Å². The summed E-state index contributed by atoms with van der Waals surface area (Å²) >= 11 is 0. The number of hydrogen-bond acceptors (Lipinski definition) is 3. The number of imide groups is 1. The van der Waals surface area contributed by atoms with Crippen molar-refractivity contribution < 1.29 is 14.4 Å². The van der Waals surface area contributed by atoms with Crippen LogP contribution >= 0.6 is 0 Å². The third kappa shape index (κ3) is 2.36. The molecule has 1 aromatic rings. The van der Waals surface area contributed by atoms with Crippen LogP contribution in [0.1, 0.15) is 40.5 Å². The maximum Gasteiger partial charge on any atom is 0.263 e. The van der Waals surface area contributed by atoms with Crippen LogP contribution in [0.25, 0.3) is 0 Å². The van der Waals surface area contributed by atoms with Crippen LogP contribution in [-0.2, 0) is 4.79 Å². The van der Waals surface area contributed by atoms with Crippen molar-refractivity contribution in [3.8, 4) is 0 Å². The summed E-state index contributed by atoms with van der Waals surface area (Å²) in [5.41, 5.74) is 0.813. The summed E-state index contributed by atoms with van der Waals surface area (Å²) < 4.78 is 0. The van der Waals surface area contributed by atoms with Crippen LogP contribution in [0.2, 0.25) is 0 Å². The molecule has 0 atom stereocenters. The van der Waals surface area contributed by atoms with Gasteiger partial charge in [0.1, 0.15) is 6.67 Å².